The van der Waals surface area contributed by atoms with Crippen LogP contribution in [0.15, 0.2) is 54.6 Å². The SMILES string of the molecule is COc1ccc(C2CCCN2C(=O)NC2CC2c2ccccc2)cc1. The van der Waals surface area contributed by atoms with Crippen LogP contribution in [0.25, 0.3) is 0 Å². The molecule has 3 atom stereocenters. The summed E-state index contributed by atoms with van der Waals surface area (Å²) < 4.78 is 5.23. The molecule has 1 saturated carbocycles. The molecule has 0 spiro atoms. The molecule has 3 unspecified atom stereocenters. The fourth-order valence-electron chi connectivity index (χ4n) is 3.85. The van der Waals surface area contributed by atoms with Crippen LogP contribution in [0.2, 0.25) is 0 Å². The van der Waals surface area contributed by atoms with Crippen LogP contribution in [0.4, 0.5) is 4.79 Å². The summed E-state index contributed by atoms with van der Waals surface area (Å²) in [4.78, 5) is 14.8. The lowest BCUT2D eigenvalue weighted by atomic mass is 10.0. The molecule has 4 nitrogen and oxygen atoms in total. The summed E-state index contributed by atoms with van der Waals surface area (Å²) in [6.07, 6.45) is 3.11. The first kappa shape index (κ1) is 16.0. The van der Waals surface area contributed by atoms with Crippen molar-refractivity contribution in [2.24, 2.45) is 0 Å². The van der Waals surface area contributed by atoms with E-state index in [1.54, 1.807) is 7.11 Å². The van der Waals surface area contributed by atoms with E-state index in [1.165, 1.54) is 11.1 Å². The first-order valence-electron chi connectivity index (χ1n) is 9.02. The summed E-state index contributed by atoms with van der Waals surface area (Å²) in [7, 11) is 1.67. The molecule has 1 saturated heterocycles. The minimum absolute atomic E-state index is 0.0711. The lowest BCUT2D eigenvalue weighted by Gasteiger charge is -2.25. The van der Waals surface area contributed by atoms with Gasteiger partial charge in [0.2, 0.25) is 0 Å². The maximum Gasteiger partial charge on any atom is 0.318 e. The molecule has 1 aliphatic carbocycles. The second kappa shape index (κ2) is 6.79. The fraction of sp³-hybridized carbons (Fsp3) is 0.381. The number of amides is 2. The first-order chi connectivity index (χ1) is 12.3. The van der Waals surface area contributed by atoms with Crippen LogP contribution >= 0.6 is 0 Å². The number of ether oxygens (including phenoxy) is 1. The van der Waals surface area contributed by atoms with Crippen LogP contribution in [0, 0.1) is 0 Å². The minimum atomic E-state index is 0.0711. The van der Waals surface area contributed by atoms with E-state index < -0.39 is 0 Å². The fourth-order valence-corrected chi connectivity index (χ4v) is 3.85. The van der Waals surface area contributed by atoms with Crippen LogP contribution in [-0.2, 0) is 0 Å². The Morgan fingerprint density at radius 3 is 2.56 bits per heavy atom. The zero-order valence-corrected chi connectivity index (χ0v) is 14.5. The molecule has 2 fully saturated rings. The van der Waals surface area contributed by atoms with Crippen molar-refractivity contribution in [2.75, 3.05) is 13.7 Å². The van der Waals surface area contributed by atoms with Gasteiger partial charge in [0.25, 0.3) is 0 Å². The van der Waals surface area contributed by atoms with Crippen LogP contribution < -0.4 is 10.1 Å². The van der Waals surface area contributed by atoms with Crippen molar-refractivity contribution in [1.82, 2.24) is 10.2 Å². The second-order valence-corrected chi connectivity index (χ2v) is 6.93. The third-order valence-electron chi connectivity index (χ3n) is 5.34. The van der Waals surface area contributed by atoms with Crippen molar-refractivity contribution in [3.63, 3.8) is 0 Å². The van der Waals surface area contributed by atoms with Crippen molar-refractivity contribution >= 4 is 6.03 Å². The number of hydrogen-bond acceptors (Lipinski definition) is 2. The Morgan fingerprint density at radius 1 is 1.08 bits per heavy atom. The highest BCUT2D eigenvalue weighted by Gasteiger charge is 2.41. The third-order valence-corrected chi connectivity index (χ3v) is 5.34. The van der Waals surface area contributed by atoms with Gasteiger partial charge in [-0.2, -0.15) is 0 Å². The van der Waals surface area contributed by atoms with Gasteiger partial charge < -0.3 is 15.0 Å². The van der Waals surface area contributed by atoms with Crippen molar-refractivity contribution in [1.29, 1.82) is 0 Å². The molecular weight excluding hydrogens is 312 g/mol. The number of carbonyl (C=O) groups excluding carboxylic acids is 1. The number of likely N-dealkylation sites (tertiary alicyclic amines) is 1. The van der Waals surface area contributed by atoms with E-state index in [1.807, 2.05) is 23.1 Å². The maximum absolute atomic E-state index is 12.8. The number of urea groups is 1. The van der Waals surface area contributed by atoms with Crippen LogP contribution in [0.5, 0.6) is 5.75 Å². The zero-order valence-electron chi connectivity index (χ0n) is 14.5. The van der Waals surface area contributed by atoms with Crippen molar-refractivity contribution in [3.8, 4) is 5.75 Å². The quantitative estimate of drug-likeness (QED) is 0.913. The van der Waals surface area contributed by atoms with Gasteiger partial charge in [0.15, 0.2) is 0 Å². The van der Waals surface area contributed by atoms with Crippen LogP contribution in [0.1, 0.15) is 42.3 Å². The molecule has 2 aromatic rings. The van der Waals surface area contributed by atoms with Crippen molar-refractivity contribution in [2.45, 2.75) is 37.3 Å². The standard InChI is InChI=1S/C21H24N2O2/c1-25-17-11-9-16(10-12-17)20-8-5-13-23(20)21(24)22-19-14-18(19)15-6-3-2-4-7-15/h2-4,6-7,9-12,18-20H,5,8,13-14H2,1H3,(H,22,24). The molecule has 0 bridgehead atoms. The summed E-state index contributed by atoms with van der Waals surface area (Å²) in [5.41, 5.74) is 2.50. The van der Waals surface area contributed by atoms with E-state index in [0.29, 0.717) is 5.92 Å². The molecule has 2 aromatic carbocycles. The zero-order chi connectivity index (χ0) is 17.2. The van der Waals surface area contributed by atoms with E-state index in [0.717, 1.165) is 31.6 Å². The van der Waals surface area contributed by atoms with Crippen molar-refractivity contribution < 1.29 is 9.53 Å². The predicted molar refractivity (Wildman–Crippen MR) is 97.8 cm³/mol. The number of nitrogens with zero attached hydrogens (tertiary/aromatic N) is 1. The molecule has 4 heteroatoms. The summed E-state index contributed by atoms with van der Waals surface area (Å²) in [5, 5.41) is 3.23. The van der Waals surface area contributed by atoms with Gasteiger partial charge >= 0.3 is 6.03 Å². The molecule has 2 aliphatic rings. The van der Waals surface area contributed by atoms with Gasteiger partial charge in [-0.05, 0) is 42.5 Å². The minimum Gasteiger partial charge on any atom is -0.497 e. The van der Waals surface area contributed by atoms with E-state index in [2.05, 4.69) is 41.7 Å². The highest BCUT2D eigenvalue weighted by atomic mass is 16.5. The molecule has 2 amide bonds. The molecule has 4 rings (SSSR count). The van der Waals surface area contributed by atoms with Gasteiger partial charge in [-0.25, -0.2) is 4.79 Å². The Kier molecular flexibility index (Phi) is 4.35. The van der Waals surface area contributed by atoms with Gasteiger partial charge in [-0.1, -0.05) is 42.5 Å². The highest BCUT2D eigenvalue weighted by molar-refractivity contribution is 5.76. The monoisotopic (exact) mass is 336 g/mol. The highest BCUT2D eigenvalue weighted by Crippen LogP contribution is 2.41. The number of rotatable bonds is 4. The van der Waals surface area contributed by atoms with Gasteiger partial charge in [0, 0.05) is 18.5 Å². The van der Waals surface area contributed by atoms with Gasteiger partial charge in [-0.3, -0.25) is 0 Å². The lowest BCUT2D eigenvalue weighted by molar-refractivity contribution is 0.192. The smallest absolute Gasteiger partial charge is 0.318 e. The average molecular weight is 336 g/mol. The predicted octanol–water partition coefficient (Wildman–Crippen LogP) is 4.10. The van der Waals surface area contributed by atoms with Gasteiger partial charge in [0.05, 0.1) is 13.2 Å². The lowest BCUT2D eigenvalue weighted by Crippen LogP contribution is -2.40. The molecule has 0 radical (unpaired) electrons. The number of benzene rings is 2. The summed E-state index contributed by atoms with van der Waals surface area (Å²) >= 11 is 0. The van der Waals surface area contributed by atoms with E-state index >= 15 is 0 Å². The number of nitrogens with one attached hydrogen (secondary N) is 1. The van der Waals surface area contributed by atoms with Gasteiger partial charge in [0.1, 0.15) is 5.75 Å². The molecular formula is C21H24N2O2. The topological polar surface area (TPSA) is 41.6 Å². The van der Waals surface area contributed by atoms with E-state index in [9.17, 15) is 4.79 Å². The number of carbonyl (C=O) groups is 1. The largest absolute Gasteiger partial charge is 0.497 e. The Labute approximate surface area is 148 Å². The Bertz CT molecular complexity index is 729. The van der Waals surface area contributed by atoms with Gasteiger partial charge in [-0.15, -0.1) is 0 Å². The molecule has 1 aliphatic heterocycles. The Balaban J connectivity index is 1.39. The molecule has 130 valence electrons. The normalized spacial score (nSPS) is 24.8. The molecule has 0 aromatic heterocycles. The van der Waals surface area contributed by atoms with Crippen molar-refractivity contribution in [3.05, 3.63) is 65.7 Å². The van der Waals surface area contributed by atoms with E-state index in [-0.39, 0.29) is 18.1 Å². The number of hydrogen-bond donors (Lipinski definition) is 1. The second-order valence-electron chi connectivity index (χ2n) is 6.93. The van der Waals surface area contributed by atoms with Crippen LogP contribution in [0.3, 0.4) is 0 Å². The first-order valence-corrected chi connectivity index (χ1v) is 9.02. The summed E-state index contributed by atoms with van der Waals surface area (Å²) in [6, 6.07) is 19.0. The molecule has 1 heterocycles. The van der Waals surface area contributed by atoms with E-state index in [4.69, 9.17) is 4.74 Å². The average Bonchev–Trinajstić information content (AvgIpc) is 3.25. The van der Waals surface area contributed by atoms with Crippen LogP contribution in [-0.4, -0.2) is 30.6 Å². The Hall–Kier alpha value is -2.49. The Morgan fingerprint density at radius 2 is 1.84 bits per heavy atom. The third kappa shape index (κ3) is 3.34. The molecule has 25 heavy (non-hydrogen) atoms. The summed E-state index contributed by atoms with van der Waals surface area (Å²) in [6.45, 7) is 0.825. The maximum atomic E-state index is 12.8. The molecule has 1 N–H and O–H groups in total. The summed E-state index contributed by atoms with van der Waals surface area (Å²) in [5.74, 6) is 1.31. The number of methoxy groups -OCH3 is 1.